The zero-order valence-electron chi connectivity index (χ0n) is 11.8. The van der Waals surface area contributed by atoms with Gasteiger partial charge in [-0.1, -0.05) is 6.42 Å². The normalized spacial score (nSPS) is 18.2. The number of carbonyl (C=O) groups excluding carboxylic acids is 1. The largest absolute Gasteiger partial charge is 0.338 e. The first-order valence-corrected chi connectivity index (χ1v) is 6.83. The number of halogens is 2. The Labute approximate surface area is 117 Å². The molecular formula is C15H20F2N2O. The number of carbonyl (C=O) groups is 1. The first kappa shape index (κ1) is 14.9. The van der Waals surface area contributed by atoms with Gasteiger partial charge in [-0.25, -0.2) is 8.78 Å². The average molecular weight is 282 g/mol. The lowest BCUT2D eigenvalue weighted by Crippen LogP contribution is -2.51. The van der Waals surface area contributed by atoms with Crippen LogP contribution in [0.1, 0.15) is 37.8 Å². The van der Waals surface area contributed by atoms with Gasteiger partial charge in [0.25, 0.3) is 0 Å². The summed E-state index contributed by atoms with van der Waals surface area (Å²) in [6.45, 7) is 1.99. The highest BCUT2D eigenvalue weighted by Crippen LogP contribution is 2.42. The molecule has 1 fully saturated rings. The summed E-state index contributed by atoms with van der Waals surface area (Å²) in [5.74, 6) is -1.09. The van der Waals surface area contributed by atoms with Crippen LogP contribution in [0, 0.1) is 17.0 Å². The number of nitrogens with two attached hydrogens (primary N) is 1. The Morgan fingerprint density at radius 2 is 2.10 bits per heavy atom. The smallest absolute Gasteiger partial charge is 0.230 e. The fraction of sp³-hybridized carbons (Fsp3) is 0.533. The SMILES string of the molecule is CC(c1cc(F)ccc1F)N(C)C(=O)C1(CN)CCC1. The summed E-state index contributed by atoms with van der Waals surface area (Å²) in [5, 5.41) is 0. The third-order valence-corrected chi connectivity index (χ3v) is 4.46. The molecule has 0 bridgehead atoms. The van der Waals surface area contributed by atoms with Crippen LogP contribution >= 0.6 is 0 Å². The van der Waals surface area contributed by atoms with Gasteiger partial charge in [-0.3, -0.25) is 4.79 Å². The van der Waals surface area contributed by atoms with Crippen LogP contribution in [-0.4, -0.2) is 24.4 Å². The van der Waals surface area contributed by atoms with Crippen molar-refractivity contribution >= 4 is 5.91 Å². The van der Waals surface area contributed by atoms with E-state index in [0.29, 0.717) is 6.54 Å². The van der Waals surface area contributed by atoms with Gasteiger partial charge in [-0.2, -0.15) is 0 Å². The van der Waals surface area contributed by atoms with Crippen molar-refractivity contribution < 1.29 is 13.6 Å². The minimum atomic E-state index is -0.526. The molecule has 1 aromatic rings. The summed E-state index contributed by atoms with van der Waals surface area (Å²) in [6.07, 6.45) is 2.52. The van der Waals surface area contributed by atoms with E-state index in [-0.39, 0.29) is 11.5 Å². The van der Waals surface area contributed by atoms with E-state index in [1.807, 2.05) is 0 Å². The van der Waals surface area contributed by atoms with Crippen LogP contribution < -0.4 is 5.73 Å². The zero-order chi connectivity index (χ0) is 14.9. The van der Waals surface area contributed by atoms with E-state index in [0.717, 1.165) is 37.5 Å². The molecular weight excluding hydrogens is 262 g/mol. The fourth-order valence-corrected chi connectivity index (χ4v) is 2.70. The Morgan fingerprint density at radius 3 is 2.60 bits per heavy atom. The molecule has 110 valence electrons. The third kappa shape index (κ3) is 2.42. The Hall–Kier alpha value is -1.49. The molecule has 0 spiro atoms. The highest BCUT2D eigenvalue weighted by molar-refractivity contribution is 5.84. The molecule has 20 heavy (non-hydrogen) atoms. The summed E-state index contributed by atoms with van der Waals surface area (Å²) in [5.41, 5.74) is 5.40. The van der Waals surface area contributed by atoms with E-state index in [2.05, 4.69) is 0 Å². The Bertz CT molecular complexity index is 509. The molecule has 0 heterocycles. The van der Waals surface area contributed by atoms with Crippen LogP contribution in [0.15, 0.2) is 18.2 Å². The fourth-order valence-electron chi connectivity index (χ4n) is 2.70. The molecule has 1 unspecified atom stereocenters. The van der Waals surface area contributed by atoms with E-state index in [1.165, 1.54) is 4.90 Å². The van der Waals surface area contributed by atoms with Crippen LogP contribution in [0.2, 0.25) is 0 Å². The molecule has 1 atom stereocenters. The summed E-state index contributed by atoms with van der Waals surface area (Å²) < 4.78 is 27.0. The third-order valence-electron chi connectivity index (χ3n) is 4.46. The lowest BCUT2D eigenvalue weighted by atomic mass is 9.67. The van der Waals surface area contributed by atoms with Crippen LogP contribution in [0.25, 0.3) is 0 Å². The highest BCUT2D eigenvalue weighted by Gasteiger charge is 2.45. The van der Waals surface area contributed by atoms with Gasteiger partial charge in [0.1, 0.15) is 11.6 Å². The number of hydrogen-bond acceptors (Lipinski definition) is 2. The monoisotopic (exact) mass is 282 g/mol. The summed E-state index contributed by atoms with van der Waals surface area (Å²) >= 11 is 0. The molecule has 5 heteroatoms. The topological polar surface area (TPSA) is 46.3 Å². The molecule has 2 rings (SSSR count). The number of amides is 1. The highest BCUT2D eigenvalue weighted by atomic mass is 19.1. The number of hydrogen-bond donors (Lipinski definition) is 1. The second-order valence-corrected chi connectivity index (χ2v) is 5.60. The van der Waals surface area contributed by atoms with Crippen molar-refractivity contribution in [3.63, 3.8) is 0 Å². The van der Waals surface area contributed by atoms with Gasteiger partial charge in [0.05, 0.1) is 11.5 Å². The predicted molar refractivity (Wildman–Crippen MR) is 72.9 cm³/mol. The quantitative estimate of drug-likeness (QED) is 0.922. The van der Waals surface area contributed by atoms with Crippen molar-refractivity contribution in [1.82, 2.24) is 4.90 Å². The van der Waals surface area contributed by atoms with Crippen molar-refractivity contribution in [3.05, 3.63) is 35.4 Å². The summed E-state index contributed by atoms with van der Waals surface area (Å²) in [7, 11) is 1.62. The van der Waals surface area contributed by atoms with Gasteiger partial charge in [0.2, 0.25) is 5.91 Å². The van der Waals surface area contributed by atoms with E-state index in [9.17, 15) is 13.6 Å². The van der Waals surface area contributed by atoms with Gasteiger partial charge in [-0.05, 0) is 38.0 Å². The molecule has 3 nitrogen and oxygen atoms in total. The Kier molecular flexibility index (Phi) is 4.09. The van der Waals surface area contributed by atoms with E-state index in [1.54, 1.807) is 14.0 Å². The van der Waals surface area contributed by atoms with E-state index in [4.69, 9.17) is 5.73 Å². The minimum absolute atomic E-state index is 0.0811. The average Bonchev–Trinajstić information content (AvgIpc) is 2.39. The van der Waals surface area contributed by atoms with Gasteiger partial charge in [-0.15, -0.1) is 0 Å². The molecule has 1 amide bonds. The van der Waals surface area contributed by atoms with Crippen molar-refractivity contribution in [3.8, 4) is 0 Å². The van der Waals surface area contributed by atoms with Crippen molar-refractivity contribution in [2.24, 2.45) is 11.1 Å². The van der Waals surface area contributed by atoms with Gasteiger partial charge < -0.3 is 10.6 Å². The van der Waals surface area contributed by atoms with Crippen LogP contribution in [-0.2, 0) is 4.79 Å². The number of benzene rings is 1. The summed E-state index contributed by atoms with van der Waals surface area (Å²) in [4.78, 5) is 14.0. The minimum Gasteiger partial charge on any atom is -0.338 e. The predicted octanol–water partition coefficient (Wildman–Crippen LogP) is 2.61. The van der Waals surface area contributed by atoms with Gasteiger partial charge >= 0.3 is 0 Å². The second-order valence-electron chi connectivity index (χ2n) is 5.60. The van der Waals surface area contributed by atoms with Gasteiger partial charge in [0, 0.05) is 19.2 Å². The second kappa shape index (κ2) is 5.48. The van der Waals surface area contributed by atoms with Crippen LogP contribution in [0.3, 0.4) is 0 Å². The van der Waals surface area contributed by atoms with Crippen molar-refractivity contribution in [2.45, 2.75) is 32.2 Å². The maximum atomic E-state index is 13.8. The molecule has 1 aliphatic carbocycles. The maximum absolute atomic E-state index is 13.8. The lowest BCUT2D eigenvalue weighted by molar-refractivity contribution is -0.147. The molecule has 0 aromatic heterocycles. The van der Waals surface area contributed by atoms with Crippen molar-refractivity contribution in [2.75, 3.05) is 13.6 Å². The molecule has 2 N–H and O–H groups in total. The number of rotatable bonds is 4. The maximum Gasteiger partial charge on any atom is 0.230 e. The van der Waals surface area contributed by atoms with E-state index >= 15 is 0 Å². The number of nitrogens with zero attached hydrogens (tertiary/aromatic N) is 1. The molecule has 1 aromatic carbocycles. The van der Waals surface area contributed by atoms with Crippen LogP contribution in [0.5, 0.6) is 0 Å². The Balaban J connectivity index is 2.22. The van der Waals surface area contributed by atoms with Crippen LogP contribution in [0.4, 0.5) is 8.78 Å². The van der Waals surface area contributed by atoms with Crippen molar-refractivity contribution in [1.29, 1.82) is 0 Å². The first-order valence-electron chi connectivity index (χ1n) is 6.83. The zero-order valence-corrected chi connectivity index (χ0v) is 11.8. The molecule has 0 saturated heterocycles. The molecule has 1 aliphatic rings. The Morgan fingerprint density at radius 1 is 1.45 bits per heavy atom. The molecule has 0 aliphatic heterocycles. The molecule has 1 saturated carbocycles. The standard InChI is InChI=1S/C15H20F2N2O/c1-10(12-8-11(16)4-5-13(12)17)19(2)14(20)15(9-18)6-3-7-15/h4-5,8,10H,3,6-7,9,18H2,1-2H3. The van der Waals surface area contributed by atoms with E-state index < -0.39 is 23.1 Å². The van der Waals surface area contributed by atoms with Gasteiger partial charge in [0.15, 0.2) is 0 Å². The lowest BCUT2D eigenvalue weighted by Gasteiger charge is -2.43. The summed E-state index contributed by atoms with van der Waals surface area (Å²) in [6, 6.07) is 2.77. The molecule has 0 radical (unpaired) electrons. The first-order chi connectivity index (χ1) is 9.41.